The molecule has 2 aromatic carbocycles. The average Bonchev–Trinajstić information content (AvgIpc) is 2.80. The number of carbonyl (C=O) groups is 3. The summed E-state index contributed by atoms with van der Waals surface area (Å²) in [5, 5.41) is 2.87. The van der Waals surface area contributed by atoms with E-state index in [0.717, 1.165) is 12.0 Å². The third kappa shape index (κ3) is 5.00. The van der Waals surface area contributed by atoms with E-state index in [4.69, 9.17) is 4.74 Å². The first-order chi connectivity index (χ1) is 15.5. The zero-order valence-electron chi connectivity index (χ0n) is 17.7. The van der Waals surface area contributed by atoms with E-state index in [9.17, 15) is 14.4 Å². The number of Topliss-reactive ketones (excluding diaryl/α,β-unsaturated/α-hetero) is 1. The number of carbonyl (C=O) groups excluding carboxylic acids is 3. The van der Waals surface area contributed by atoms with Crippen LogP contribution < -0.4 is 15.0 Å². The molecule has 1 aliphatic heterocycles. The minimum atomic E-state index is -0.244. The summed E-state index contributed by atoms with van der Waals surface area (Å²) >= 11 is 0. The molecule has 7 heteroatoms. The van der Waals surface area contributed by atoms with Crippen LogP contribution in [0.15, 0.2) is 67.0 Å². The lowest BCUT2D eigenvalue weighted by molar-refractivity contribution is -0.121. The summed E-state index contributed by atoms with van der Waals surface area (Å²) in [7, 11) is 0. The Hall–Kier alpha value is -4.00. The Labute approximate surface area is 186 Å². The fourth-order valence-corrected chi connectivity index (χ4v) is 3.55. The number of rotatable bonds is 7. The molecule has 32 heavy (non-hydrogen) atoms. The summed E-state index contributed by atoms with van der Waals surface area (Å²) in [4.78, 5) is 42.1. The number of ketones is 1. The Bertz CT molecular complexity index is 1140. The molecule has 1 N–H and O–H groups in total. The molecule has 0 radical (unpaired) electrons. The quantitative estimate of drug-likeness (QED) is 0.580. The molecular weight excluding hydrogens is 406 g/mol. The summed E-state index contributed by atoms with van der Waals surface area (Å²) in [6, 6.07) is 16.6. The maximum atomic E-state index is 12.5. The topological polar surface area (TPSA) is 88.6 Å². The lowest BCUT2D eigenvalue weighted by Crippen LogP contribution is -2.40. The summed E-state index contributed by atoms with van der Waals surface area (Å²) in [5.74, 6) is -0.0161. The number of ether oxygens (including phenoxy) is 1. The Morgan fingerprint density at radius 3 is 2.47 bits per heavy atom. The lowest BCUT2D eigenvalue weighted by atomic mass is 10.1. The van der Waals surface area contributed by atoms with Crippen molar-refractivity contribution in [2.24, 2.45) is 0 Å². The van der Waals surface area contributed by atoms with E-state index in [-0.39, 0.29) is 37.2 Å². The first-order valence-corrected chi connectivity index (χ1v) is 10.4. The van der Waals surface area contributed by atoms with Crippen molar-refractivity contribution in [1.82, 2.24) is 4.98 Å². The number of nitrogens with one attached hydrogen (secondary N) is 1. The highest BCUT2D eigenvalue weighted by Crippen LogP contribution is 2.33. The fourth-order valence-electron chi connectivity index (χ4n) is 3.55. The van der Waals surface area contributed by atoms with Gasteiger partial charge >= 0.3 is 0 Å². The van der Waals surface area contributed by atoms with Gasteiger partial charge in [0.25, 0.3) is 5.91 Å². The number of benzene rings is 2. The second kappa shape index (κ2) is 9.43. The van der Waals surface area contributed by atoms with Gasteiger partial charge in [0.15, 0.2) is 12.4 Å². The van der Waals surface area contributed by atoms with Crippen molar-refractivity contribution in [3.8, 4) is 5.75 Å². The Balaban J connectivity index is 1.36. The molecule has 1 aromatic heterocycles. The molecule has 0 fully saturated rings. The summed E-state index contributed by atoms with van der Waals surface area (Å²) in [6.07, 6.45) is 4.44. The minimum absolute atomic E-state index is 0.0903. The number of hydrogen-bond acceptors (Lipinski definition) is 5. The maximum absolute atomic E-state index is 12.5. The van der Waals surface area contributed by atoms with Crippen LogP contribution in [0.3, 0.4) is 0 Å². The highest BCUT2D eigenvalue weighted by molar-refractivity contribution is 6.02. The minimum Gasteiger partial charge on any atom is -0.482 e. The van der Waals surface area contributed by atoms with E-state index in [1.54, 1.807) is 30.6 Å². The van der Waals surface area contributed by atoms with Crippen molar-refractivity contribution in [3.63, 3.8) is 0 Å². The van der Waals surface area contributed by atoms with Crippen LogP contribution in [0.4, 0.5) is 11.4 Å². The third-order valence-electron chi connectivity index (χ3n) is 5.27. The number of nitrogens with zero attached hydrogens (tertiary/aromatic N) is 2. The molecule has 0 atom stereocenters. The largest absolute Gasteiger partial charge is 0.482 e. The first-order valence-electron chi connectivity index (χ1n) is 10.4. The highest BCUT2D eigenvalue weighted by atomic mass is 16.5. The monoisotopic (exact) mass is 429 g/mol. The third-order valence-corrected chi connectivity index (χ3v) is 5.27. The first kappa shape index (κ1) is 21.2. The van der Waals surface area contributed by atoms with Crippen LogP contribution in [0.1, 0.15) is 34.8 Å². The molecule has 4 rings (SSSR count). The highest BCUT2D eigenvalue weighted by Gasteiger charge is 2.26. The molecule has 0 saturated carbocycles. The predicted octanol–water partition coefficient (Wildman–Crippen LogP) is 3.63. The van der Waals surface area contributed by atoms with Crippen molar-refractivity contribution in [2.45, 2.75) is 19.8 Å². The van der Waals surface area contributed by atoms with Gasteiger partial charge in [-0.15, -0.1) is 0 Å². The fraction of sp³-hybridized carbons (Fsp3) is 0.200. The van der Waals surface area contributed by atoms with Gasteiger partial charge in [-0.2, -0.15) is 0 Å². The van der Waals surface area contributed by atoms with Crippen molar-refractivity contribution < 1.29 is 19.1 Å². The van der Waals surface area contributed by atoms with E-state index < -0.39 is 0 Å². The number of fused-ring (bicyclic) bond motifs is 1. The summed E-state index contributed by atoms with van der Waals surface area (Å²) < 4.78 is 5.45. The van der Waals surface area contributed by atoms with Crippen LogP contribution in [-0.2, 0) is 16.0 Å². The van der Waals surface area contributed by atoms with Gasteiger partial charge in [0.2, 0.25) is 5.91 Å². The summed E-state index contributed by atoms with van der Waals surface area (Å²) in [6.45, 7) is 1.57. The zero-order chi connectivity index (χ0) is 22.5. The molecule has 0 unspecified atom stereocenters. The number of hydrogen-bond donors (Lipinski definition) is 1. The van der Waals surface area contributed by atoms with Crippen molar-refractivity contribution in [3.05, 3.63) is 83.7 Å². The molecule has 0 aliphatic carbocycles. The van der Waals surface area contributed by atoms with Crippen LogP contribution in [0.25, 0.3) is 0 Å². The van der Waals surface area contributed by atoms with Crippen molar-refractivity contribution >= 4 is 29.0 Å². The number of pyridine rings is 1. The number of amides is 2. The van der Waals surface area contributed by atoms with Crippen LogP contribution in [0, 0.1) is 0 Å². The number of aromatic nitrogens is 1. The van der Waals surface area contributed by atoms with Gasteiger partial charge in [0, 0.05) is 36.6 Å². The molecule has 162 valence electrons. The zero-order valence-corrected chi connectivity index (χ0v) is 17.7. The van der Waals surface area contributed by atoms with Crippen molar-refractivity contribution in [1.29, 1.82) is 0 Å². The van der Waals surface area contributed by atoms with Gasteiger partial charge in [-0.3, -0.25) is 19.4 Å². The standard InChI is InChI=1S/C25H23N3O4/c1-17(29)20-4-7-23-22(15-20)28(25(31)16-32-23)13-10-24(30)27-21-5-2-18(3-6-21)14-19-8-11-26-12-9-19/h2-9,11-12,15H,10,13-14,16H2,1H3,(H,27,30). The van der Waals surface area contributed by atoms with E-state index in [1.165, 1.54) is 17.4 Å². The average molecular weight is 429 g/mol. The Morgan fingerprint density at radius 1 is 1.03 bits per heavy atom. The number of anilines is 2. The molecular formula is C25H23N3O4. The second-order valence-corrected chi connectivity index (χ2v) is 7.60. The molecule has 2 heterocycles. The van der Waals surface area contributed by atoms with Crippen LogP contribution in [0.5, 0.6) is 5.75 Å². The molecule has 2 amide bonds. The van der Waals surface area contributed by atoms with E-state index in [2.05, 4.69) is 10.3 Å². The van der Waals surface area contributed by atoms with Crippen LogP contribution in [0.2, 0.25) is 0 Å². The molecule has 1 aliphatic rings. The van der Waals surface area contributed by atoms with Gasteiger partial charge < -0.3 is 15.0 Å². The van der Waals surface area contributed by atoms with Crippen molar-refractivity contribution in [2.75, 3.05) is 23.4 Å². The SMILES string of the molecule is CC(=O)c1ccc2c(c1)N(CCC(=O)Nc1ccc(Cc3ccncc3)cc1)C(=O)CO2. The maximum Gasteiger partial charge on any atom is 0.265 e. The Morgan fingerprint density at radius 2 is 1.75 bits per heavy atom. The predicted molar refractivity (Wildman–Crippen MR) is 121 cm³/mol. The van der Waals surface area contributed by atoms with E-state index >= 15 is 0 Å². The van der Waals surface area contributed by atoms with Gasteiger partial charge in [0.1, 0.15) is 5.75 Å². The van der Waals surface area contributed by atoms with E-state index in [1.807, 2.05) is 36.4 Å². The molecule has 0 bridgehead atoms. The lowest BCUT2D eigenvalue weighted by Gasteiger charge is -2.29. The Kier molecular flexibility index (Phi) is 6.26. The molecule has 3 aromatic rings. The normalized spacial score (nSPS) is 12.7. The molecule has 0 spiro atoms. The smallest absolute Gasteiger partial charge is 0.265 e. The van der Waals surface area contributed by atoms with Crippen LogP contribution >= 0.6 is 0 Å². The van der Waals surface area contributed by atoms with Gasteiger partial charge in [-0.25, -0.2) is 0 Å². The van der Waals surface area contributed by atoms with Gasteiger partial charge in [-0.1, -0.05) is 12.1 Å². The molecule has 7 nitrogen and oxygen atoms in total. The van der Waals surface area contributed by atoms with Gasteiger partial charge in [-0.05, 0) is 66.9 Å². The summed E-state index contributed by atoms with van der Waals surface area (Å²) in [5.41, 5.74) is 4.00. The van der Waals surface area contributed by atoms with Crippen LogP contribution in [-0.4, -0.2) is 35.7 Å². The second-order valence-electron chi connectivity index (χ2n) is 7.60. The van der Waals surface area contributed by atoms with E-state index in [0.29, 0.717) is 22.7 Å². The molecule has 0 saturated heterocycles. The van der Waals surface area contributed by atoms with Gasteiger partial charge in [0.05, 0.1) is 5.69 Å².